The minimum Gasteiger partial charge on any atom is -0.445 e. The number of aromatic amines is 1. The zero-order valence-corrected chi connectivity index (χ0v) is 17.6. The normalized spacial score (nSPS) is 18.1. The molecule has 1 fully saturated rings. The van der Waals surface area contributed by atoms with Gasteiger partial charge in [0.25, 0.3) is 0 Å². The number of para-hydroxylation sites is 1. The molecule has 1 aliphatic heterocycles. The molecule has 3 aromatic rings. The number of rotatable bonds is 8. The van der Waals surface area contributed by atoms with E-state index in [1.54, 1.807) is 6.20 Å². The van der Waals surface area contributed by atoms with Gasteiger partial charge in [-0.25, -0.2) is 4.79 Å². The molecule has 2 heterocycles. The Kier molecular flexibility index (Phi) is 6.69. The third-order valence-corrected chi connectivity index (χ3v) is 5.52. The summed E-state index contributed by atoms with van der Waals surface area (Å²) in [6.45, 7) is 0.659. The number of piperazine rings is 1. The molecule has 0 saturated carbocycles. The number of amides is 3. The summed E-state index contributed by atoms with van der Waals surface area (Å²) < 4.78 is 5.16. The molecular weight excluding hydrogens is 408 g/mol. The first-order chi connectivity index (χ1) is 15.6. The highest BCUT2D eigenvalue weighted by molar-refractivity contribution is 6.00. The van der Waals surface area contributed by atoms with Crippen molar-refractivity contribution in [3.63, 3.8) is 0 Å². The van der Waals surface area contributed by atoms with E-state index in [0.29, 0.717) is 25.8 Å². The van der Waals surface area contributed by atoms with Crippen molar-refractivity contribution in [1.82, 2.24) is 20.9 Å². The summed E-state index contributed by atoms with van der Waals surface area (Å²) in [5, 5.41) is 9.29. The highest BCUT2D eigenvalue weighted by Gasteiger charge is 2.35. The first-order valence-electron chi connectivity index (χ1n) is 10.7. The summed E-state index contributed by atoms with van der Waals surface area (Å²) in [5.74, 6) is -0.419. The van der Waals surface area contributed by atoms with Crippen molar-refractivity contribution in [1.29, 1.82) is 0 Å². The molecule has 4 N–H and O–H groups in total. The Bertz CT molecular complexity index is 1100. The molecule has 0 aliphatic carbocycles. The maximum absolute atomic E-state index is 12.6. The van der Waals surface area contributed by atoms with Gasteiger partial charge >= 0.3 is 6.09 Å². The number of carbonyl (C=O) groups excluding carboxylic acids is 3. The number of alkyl carbamates (subject to hydrolysis) is 1. The van der Waals surface area contributed by atoms with Crippen LogP contribution in [0.3, 0.4) is 0 Å². The second kappa shape index (κ2) is 10.00. The molecule has 166 valence electrons. The first kappa shape index (κ1) is 21.4. The molecule has 4 rings (SSSR count). The van der Waals surface area contributed by atoms with E-state index in [4.69, 9.17) is 4.74 Å². The highest BCUT2D eigenvalue weighted by atomic mass is 16.5. The van der Waals surface area contributed by atoms with Gasteiger partial charge < -0.3 is 25.7 Å². The van der Waals surface area contributed by atoms with Gasteiger partial charge in [-0.15, -0.1) is 0 Å². The van der Waals surface area contributed by atoms with Gasteiger partial charge in [-0.2, -0.15) is 0 Å². The van der Waals surface area contributed by atoms with Crippen molar-refractivity contribution in [2.24, 2.45) is 0 Å². The Morgan fingerprint density at radius 1 is 0.938 bits per heavy atom. The summed E-state index contributed by atoms with van der Waals surface area (Å²) in [7, 11) is 0. The van der Waals surface area contributed by atoms with Gasteiger partial charge in [0.1, 0.15) is 18.7 Å². The van der Waals surface area contributed by atoms with Crippen molar-refractivity contribution in [3.8, 4) is 0 Å². The second-order valence-corrected chi connectivity index (χ2v) is 7.78. The molecule has 8 heteroatoms. The third-order valence-electron chi connectivity index (χ3n) is 5.52. The predicted octanol–water partition coefficient (Wildman–Crippen LogP) is 2.92. The van der Waals surface area contributed by atoms with Crippen LogP contribution in [-0.4, -0.2) is 35.5 Å². The summed E-state index contributed by atoms with van der Waals surface area (Å²) >= 11 is 0. The summed E-state index contributed by atoms with van der Waals surface area (Å²) in [6, 6.07) is 15.8. The Balaban J connectivity index is 1.18. The molecular formula is C24H26N4O4. The number of unbranched alkanes of at least 4 members (excludes halogenated alkanes) is 1. The molecule has 32 heavy (non-hydrogen) atoms. The Labute approximate surface area is 185 Å². The van der Waals surface area contributed by atoms with Crippen LogP contribution in [0.4, 0.5) is 4.79 Å². The number of hydrogen-bond acceptors (Lipinski definition) is 4. The standard InChI is InChI=1S/C24H26N4O4/c29-22-20(12-6-7-13-25-24(31)32-15-16-8-2-1-3-9-16)27-23(30)21(28-22)18-14-26-19-11-5-4-10-17(18)19/h1-5,8-11,14,20-21,26H,6-7,12-13,15H2,(H,25,31)(H,27,30)(H,28,29)/t20-,21+/m0/s1. The summed E-state index contributed by atoms with van der Waals surface area (Å²) in [4.78, 5) is 40.1. The topological polar surface area (TPSA) is 112 Å². The number of H-pyrrole nitrogens is 1. The maximum Gasteiger partial charge on any atom is 0.407 e. The lowest BCUT2D eigenvalue weighted by atomic mass is 9.99. The summed E-state index contributed by atoms with van der Waals surface area (Å²) in [6.07, 6.45) is 3.14. The van der Waals surface area contributed by atoms with Gasteiger partial charge in [-0.3, -0.25) is 9.59 Å². The zero-order valence-electron chi connectivity index (χ0n) is 17.6. The van der Waals surface area contributed by atoms with Crippen LogP contribution < -0.4 is 16.0 Å². The van der Waals surface area contributed by atoms with Crippen LogP contribution in [-0.2, 0) is 20.9 Å². The van der Waals surface area contributed by atoms with Crippen molar-refractivity contribution >= 4 is 28.8 Å². The van der Waals surface area contributed by atoms with Crippen LogP contribution in [0, 0.1) is 0 Å². The zero-order chi connectivity index (χ0) is 22.3. The molecule has 2 aromatic carbocycles. The van der Waals surface area contributed by atoms with Crippen LogP contribution in [0.15, 0.2) is 60.8 Å². The molecule has 8 nitrogen and oxygen atoms in total. The number of benzene rings is 2. The van der Waals surface area contributed by atoms with Crippen LogP contribution in [0.1, 0.15) is 36.4 Å². The molecule has 0 bridgehead atoms. The molecule has 1 aromatic heterocycles. The van der Waals surface area contributed by atoms with E-state index in [-0.39, 0.29) is 18.4 Å². The van der Waals surface area contributed by atoms with Gasteiger partial charge in [0.15, 0.2) is 0 Å². The van der Waals surface area contributed by atoms with Gasteiger partial charge in [0.2, 0.25) is 11.8 Å². The van der Waals surface area contributed by atoms with Gasteiger partial charge in [-0.1, -0.05) is 48.5 Å². The molecule has 0 radical (unpaired) electrons. The van der Waals surface area contributed by atoms with E-state index in [1.165, 1.54) is 0 Å². The molecule has 3 amide bonds. The van der Waals surface area contributed by atoms with E-state index in [9.17, 15) is 14.4 Å². The second-order valence-electron chi connectivity index (χ2n) is 7.78. The SMILES string of the molecule is O=C(NCCCC[C@@H]1NC(=O)[C@@H](c2c[nH]c3ccccc23)NC1=O)OCc1ccccc1. The molecule has 1 saturated heterocycles. The lowest BCUT2D eigenvalue weighted by molar-refractivity contribution is -0.137. The van der Waals surface area contributed by atoms with Crippen LogP contribution in [0.5, 0.6) is 0 Å². The van der Waals surface area contributed by atoms with E-state index in [2.05, 4.69) is 20.9 Å². The fourth-order valence-corrected chi connectivity index (χ4v) is 3.82. The highest BCUT2D eigenvalue weighted by Crippen LogP contribution is 2.26. The average molecular weight is 434 g/mol. The molecule has 1 aliphatic rings. The average Bonchev–Trinajstić information content (AvgIpc) is 3.24. The first-order valence-corrected chi connectivity index (χ1v) is 10.7. The quantitative estimate of drug-likeness (QED) is 0.408. The lowest BCUT2D eigenvalue weighted by Gasteiger charge is -2.29. The lowest BCUT2D eigenvalue weighted by Crippen LogP contribution is -2.57. The monoisotopic (exact) mass is 434 g/mol. The van der Waals surface area contributed by atoms with Crippen molar-refractivity contribution in [2.75, 3.05) is 6.54 Å². The molecule has 0 unspecified atom stereocenters. The van der Waals surface area contributed by atoms with Crippen molar-refractivity contribution in [3.05, 3.63) is 71.9 Å². The molecule has 2 atom stereocenters. The fraction of sp³-hybridized carbons (Fsp3) is 0.292. The minimum absolute atomic E-state index is 0.199. The van der Waals surface area contributed by atoms with E-state index in [1.807, 2.05) is 54.6 Å². The minimum atomic E-state index is -0.712. The van der Waals surface area contributed by atoms with Crippen LogP contribution >= 0.6 is 0 Å². The number of hydrogen-bond donors (Lipinski definition) is 4. The number of fused-ring (bicyclic) bond motifs is 1. The number of aromatic nitrogens is 1. The smallest absolute Gasteiger partial charge is 0.407 e. The van der Waals surface area contributed by atoms with Crippen LogP contribution in [0.25, 0.3) is 10.9 Å². The number of nitrogens with one attached hydrogen (secondary N) is 4. The number of ether oxygens (including phenoxy) is 1. The summed E-state index contributed by atoms with van der Waals surface area (Å²) in [5.41, 5.74) is 2.59. The van der Waals surface area contributed by atoms with Gasteiger partial charge in [0.05, 0.1) is 0 Å². The van der Waals surface area contributed by atoms with Crippen molar-refractivity contribution < 1.29 is 19.1 Å². The van der Waals surface area contributed by atoms with Gasteiger partial charge in [-0.05, 0) is 30.9 Å². The maximum atomic E-state index is 12.6. The third kappa shape index (κ3) is 5.08. The van der Waals surface area contributed by atoms with Gasteiger partial charge in [0, 0.05) is 29.2 Å². The number of carbonyl (C=O) groups is 3. The van der Waals surface area contributed by atoms with E-state index < -0.39 is 18.2 Å². The van der Waals surface area contributed by atoms with E-state index >= 15 is 0 Å². The largest absolute Gasteiger partial charge is 0.445 e. The van der Waals surface area contributed by atoms with E-state index in [0.717, 1.165) is 22.0 Å². The molecule has 0 spiro atoms. The Hall–Kier alpha value is -3.81. The van der Waals surface area contributed by atoms with Crippen LogP contribution in [0.2, 0.25) is 0 Å². The van der Waals surface area contributed by atoms with Crippen molar-refractivity contribution in [2.45, 2.75) is 38.0 Å². The Morgan fingerprint density at radius 3 is 2.56 bits per heavy atom. The predicted molar refractivity (Wildman–Crippen MR) is 120 cm³/mol. The Morgan fingerprint density at radius 2 is 1.72 bits per heavy atom. The fourth-order valence-electron chi connectivity index (χ4n) is 3.82.